The van der Waals surface area contributed by atoms with Gasteiger partial charge in [-0.3, -0.25) is 19.5 Å². The summed E-state index contributed by atoms with van der Waals surface area (Å²) in [5, 5.41) is 6.48. The highest BCUT2D eigenvalue weighted by Gasteiger charge is 2.58. The van der Waals surface area contributed by atoms with Gasteiger partial charge in [-0.15, -0.1) is 0 Å². The monoisotopic (exact) mass is 380 g/mol. The molecule has 2 aliphatic carbocycles. The number of nitrogens with zero attached hydrogens (tertiary/aromatic N) is 2. The maximum absolute atomic E-state index is 12.7. The number of guanidine groups is 1. The minimum absolute atomic E-state index is 0.0136. The topological polar surface area (TPSA) is 73.8 Å². The molecule has 2 bridgehead atoms. The van der Waals surface area contributed by atoms with E-state index < -0.39 is 0 Å². The standard InChI is InChI=1S/C22H28N4O2/c1-2-23-22(24-11-10-15-6-4-3-5-7-15)25-12-13-26-20(27)18-16-8-9-17(14-16)19(18)21(26)28/h3-9,16-19H,2,10-14H2,1H3,(H2,23,24,25). The van der Waals surface area contributed by atoms with E-state index in [9.17, 15) is 9.59 Å². The van der Waals surface area contributed by atoms with Crippen molar-refractivity contribution in [1.29, 1.82) is 0 Å². The molecule has 6 nitrogen and oxygen atoms in total. The summed E-state index contributed by atoms with van der Waals surface area (Å²) < 4.78 is 0. The Morgan fingerprint density at radius 3 is 2.39 bits per heavy atom. The van der Waals surface area contributed by atoms with E-state index in [4.69, 9.17) is 0 Å². The molecule has 1 saturated heterocycles. The quantitative estimate of drug-likeness (QED) is 0.326. The number of benzene rings is 1. The fourth-order valence-corrected chi connectivity index (χ4v) is 4.75. The summed E-state index contributed by atoms with van der Waals surface area (Å²) in [7, 11) is 0. The summed E-state index contributed by atoms with van der Waals surface area (Å²) >= 11 is 0. The van der Waals surface area contributed by atoms with Crippen LogP contribution in [-0.2, 0) is 16.0 Å². The van der Waals surface area contributed by atoms with Gasteiger partial charge in [0.1, 0.15) is 0 Å². The third-order valence-corrected chi connectivity index (χ3v) is 6.05. The van der Waals surface area contributed by atoms with Gasteiger partial charge in [0, 0.05) is 26.2 Å². The molecular formula is C22H28N4O2. The number of allylic oxidation sites excluding steroid dienone is 2. The molecular weight excluding hydrogens is 352 g/mol. The van der Waals surface area contributed by atoms with Gasteiger partial charge >= 0.3 is 0 Å². The van der Waals surface area contributed by atoms with Crippen molar-refractivity contribution in [2.24, 2.45) is 28.7 Å². The Morgan fingerprint density at radius 2 is 1.75 bits per heavy atom. The van der Waals surface area contributed by atoms with Crippen LogP contribution in [0.4, 0.5) is 0 Å². The molecule has 1 aromatic carbocycles. The Morgan fingerprint density at radius 1 is 1.07 bits per heavy atom. The van der Waals surface area contributed by atoms with Crippen LogP contribution in [0.1, 0.15) is 18.9 Å². The number of amides is 2. The van der Waals surface area contributed by atoms with Crippen molar-refractivity contribution in [3.05, 3.63) is 48.0 Å². The van der Waals surface area contributed by atoms with Crippen LogP contribution in [-0.4, -0.2) is 48.9 Å². The lowest BCUT2D eigenvalue weighted by molar-refractivity contribution is -0.140. The number of likely N-dealkylation sites (tertiary alicyclic amines) is 1. The molecule has 6 heteroatoms. The fourth-order valence-electron chi connectivity index (χ4n) is 4.75. The zero-order valence-corrected chi connectivity index (χ0v) is 16.3. The van der Waals surface area contributed by atoms with Crippen LogP contribution < -0.4 is 10.6 Å². The number of nitrogens with one attached hydrogen (secondary N) is 2. The molecule has 3 aliphatic rings. The van der Waals surface area contributed by atoms with E-state index in [1.807, 2.05) is 25.1 Å². The van der Waals surface area contributed by atoms with Gasteiger partial charge < -0.3 is 10.6 Å². The number of carbonyl (C=O) groups excluding carboxylic acids is 2. The molecule has 148 valence electrons. The lowest BCUT2D eigenvalue weighted by atomic mass is 9.85. The van der Waals surface area contributed by atoms with Crippen molar-refractivity contribution in [2.45, 2.75) is 19.8 Å². The second-order valence-corrected chi connectivity index (χ2v) is 7.75. The number of hydrogen-bond donors (Lipinski definition) is 2. The van der Waals surface area contributed by atoms with E-state index in [1.165, 1.54) is 10.5 Å². The minimum atomic E-state index is -0.115. The number of rotatable bonds is 7. The van der Waals surface area contributed by atoms with Gasteiger partial charge in [-0.1, -0.05) is 42.5 Å². The first kappa shape index (κ1) is 18.7. The number of imide groups is 1. The van der Waals surface area contributed by atoms with Gasteiger partial charge in [0.15, 0.2) is 5.96 Å². The fraction of sp³-hybridized carbons (Fsp3) is 0.500. The average Bonchev–Trinajstić information content (AvgIpc) is 3.38. The largest absolute Gasteiger partial charge is 0.357 e. The predicted octanol–water partition coefficient (Wildman–Crippen LogP) is 1.59. The molecule has 4 rings (SSSR count). The summed E-state index contributed by atoms with van der Waals surface area (Å²) in [4.78, 5) is 31.5. The van der Waals surface area contributed by atoms with Crippen LogP contribution >= 0.6 is 0 Å². The second-order valence-electron chi connectivity index (χ2n) is 7.75. The van der Waals surface area contributed by atoms with Crippen molar-refractivity contribution in [2.75, 3.05) is 26.2 Å². The number of hydrogen-bond acceptors (Lipinski definition) is 3. The van der Waals surface area contributed by atoms with Gasteiger partial charge in [0.25, 0.3) is 0 Å². The Kier molecular flexibility index (Phi) is 5.46. The maximum Gasteiger partial charge on any atom is 0.233 e. The molecule has 0 spiro atoms. The molecule has 1 aromatic rings. The lowest BCUT2D eigenvalue weighted by Gasteiger charge is -2.18. The van der Waals surface area contributed by atoms with Crippen molar-refractivity contribution in [1.82, 2.24) is 15.5 Å². The van der Waals surface area contributed by atoms with Gasteiger partial charge in [0.05, 0.1) is 11.8 Å². The Balaban J connectivity index is 1.28. The number of aliphatic imine (C=N–C) groups is 1. The summed E-state index contributed by atoms with van der Waals surface area (Å²) in [6.45, 7) is 4.37. The first-order valence-corrected chi connectivity index (χ1v) is 10.3. The van der Waals surface area contributed by atoms with Gasteiger partial charge in [-0.25, -0.2) is 0 Å². The van der Waals surface area contributed by atoms with E-state index in [1.54, 1.807) is 0 Å². The van der Waals surface area contributed by atoms with Crippen LogP contribution in [0.15, 0.2) is 47.5 Å². The number of fused-ring (bicyclic) bond motifs is 5. The summed E-state index contributed by atoms with van der Waals surface area (Å²) in [6, 6.07) is 10.3. The molecule has 2 amide bonds. The van der Waals surface area contributed by atoms with E-state index in [0.717, 1.165) is 25.3 Å². The smallest absolute Gasteiger partial charge is 0.233 e. The molecule has 1 saturated carbocycles. The van der Waals surface area contributed by atoms with Crippen molar-refractivity contribution < 1.29 is 9.59 Å². The van der Waals surface area contributed by atoms with Gasteiger partial charge in [-0.05, 0) is 37.2 Å². The minimum Gasteiger partial charge on any atom is -0.357 e. The highest BCUT2D eigenvalue weighted by atomic mass is 16.2. The average molecular weight is 380 g/mol. The zero-order valence-electron chi connectivity index (χ0n) is 16.3. The maximum atomic E-state index is 12.7. The van der Waals surface area contributed by atoms with E-state index in [0.29, 0.717) is 19.6 Å². The second kappa shape index (κ2) is 8.17. The molecule has 0 radical (unpaired) electrons. The summed E-state index contributed by atoms with van der Waals surface area (Å²) in [6.07, 6.45) is 6.10. The highest BCUT2D eigenvalue weighted by Crippen LogP contribution is 2.52. The van der Waals surface area contributed by atoms with Crippen LogP contribution in [0.25, 0.3) is 0 Å². The third-order valence-electron chi connectivity index (χ3n) is 6.05. The Hall–Kier alpha value is -2.63. The molecule has 28 heavy (non-hydrogen) atoms. The van der Waals surface area contributed by atoms with Crippen LogP contribution in [0.5, 0.6) is 0 Å². The highest BCUT2D eigenvalue weighted by molar-refractivity contribution is 6.06. The number of carbonyl (C=O) groups is 2. The van der Waals surface area contributed by atoms with Gasteiger partial charge in [0.2, 0.25) is 11.8 Å². The van der Waals surface area contributed by atoms with E-state index in [-0.39, 0.29) is 35.5 Å². The molecule has 4 atom stereocenters. The first-order chi connectivity index (χ1) is 13.7. The molecule has 1 aliphatic heterocycles. The first-order valence-electron chi connectivity index (χ1n) is 10.3. The Labute approximate surface area is 166 Å². The van der Waals surface area contributed by atoms with Crippen molar-refractivity contribution in [3.8, 4) is 0 Å². The summed E-state index contributed by atoms with van der Waals surface area (Å²) in [5.41, 5.74) is 1.25. The molecule has 2 N–H and O–H groups in total. The SMILES string of the molecule is CCNC(=NCCc1ccccc1)NCCN1C(=O)C2C3C=CC(C3)C2C1=O. The molecule has 1 heterocycles. The van der Waals surface area contributed by atoms with E-state index in [2.05, 4.69) is 39.9 Å². The van der Waals surface area contributed by atoms with Crippen molar-refractivity contribution >= 4 is 17.8 Å². The molecule has 4 unspecified atom stereocenters. The molecule has 0 aromatic heterocycles. The zero-order chi connectivity index (χ0) is 19.5. The predicted molar refractivity (Wildman–Crippen MR) is 109 cm³/mol. The molecule has 2 fully saturated rings. The third kappa shape index (κ3) is 3.55. The van der Waals surface area contributed by atoms with Crippen LogP contribution in [0.2, 0.25) is 0 Å². The van der Waals surface area contributed by atoms with Crippen LogP contribution in [0.3, 0.4) is 0 Å². The van der Waals surface area contributed by atoms with E-state index >= 15 is 0 Å². The Bertz CT molecular complexity index is 759. The lowest BCUT2D eigenvalue weighted by Crippen LogP contribution is -2.43. The van der Waals surface area contributed by atoms with Crippen LogP contribution in [0, 0.1) is 23.7 Å². The normalized spacial score (nSPS) is 28.2. The van der Waals surface area contributed by atoms with Crippen molar-refractivity contribution in [3.63, 3.8) is 0 Å². The van der Waals surface area contributed by atoms with Gasteiger partial charge in [-0.2, -0.15) is 0 Å². The summed E-state index contributed by atoms with van der Waals surface area (Å²) in [5.74, 6) is 1.05.